The van der Waals surface area contributed by atoms with E-state index in [1.54, 1.807) is 30.0 Å². The predicted octanol–water partition coefficient (Wildman–Crippen LogP) is 2.29. The molecule has 3 rings (SSSR count). The molecule has 1 heterocycles. The second-order valence-electron chi connectivity index (χ2n) is 5.48. The highest BCUT2D eigenvalue weighted by Gasteiger charge is 2.08. The highest BCUT2D eigenvalue weighted by Crippen LogP contribution is 2.26. The van der Waals surface area contributed by atoms with Gasteiger partial charge in [0.25, 0.3) is 5.91 Å². The largest absolute Gasteiger partial charge is 0.504 e. The number of carbonyl (C=O) groups excluding carboxylic acids is 1. The number of para-hydroxylation sites is 2. The first kappa shape index (κ1) is 16.5. The van der Waals surface area contributed by atoms with Crippen LogP contribution in [0.1, 0.15) is 12.5 Å². The van der Waals surface area contributed by atoms with Crippen LogP contribution in [-0.4, -0.2) is 33.4 Å². The van der Waals surface area contributed by atoms with Gasteiger partial charge in [-0.15, -0.1) is 0 Å². The van der Waals surface area contributed by atoms with Gasteiger partial charge in [-0.2, -0.15) is 5.10 Å². The zero-order chi connectivity index (χ0) is 17.8. The van der Waals surface area contributed by atoms with E-state index in [0.717, 1.165) is 16.6 Å². The first-order valence-corrected chi connectivity index (χ1v) is 7.69. The Bertz CT molecular complexity index is 946. The lowest BCUT2D eigenvalue weighted by atomic mass is 10.1. The molecule has 0 aliphatic heterocycles. The molecular formula is C18H18N4O3. The summed E-state index contributed by atoms with van der Waals surface area (Å²) in [7, 11) is 1.47. The number of fused-ring (bicyclic) bond motifs is 1. The molecule has 2 N–H and O–H groups in total. The molecule has 0 radical (unpaired) electrons. The van der Waals surface area contributed by atoms with E-state index in [9.17, 15) is 9.90 Å². The molecule has 0 fully saturated rings. The number of ether oxygens (including phenoxy) is 1. The van der Waals surface area contributed by atoms with Gasteiger partial charge in [-0.3, -0.25) is 4.79 Å². The minimum Gasteiger partial charge on any atom is -0.504 e. The van der Waals surface area contributed by atoms with Crippen LogP contribution in [0, 0.1) is 0 Å². The van der Waals surface area contributed by atoms with E-state index in [1.807, 2.05) is 24.3 Å². The number of aromatic nitrogens is 2. The van der Waals surface area contributed by atoms with Gasteiger partial charge in [0.05, 0.1) is 30.2 Å². The third kappa shape index (κ3) is 3.60. The second-order valence-corrected chi connectivity index (χ2v) is 5.48. The Morgan fingerprint density at radius 3 is 2.92 bits per heavy atom. The lowest BCUT2D eigenvalue weighted by Crippen LogP contribution is -2.24. The number of aromatic hydroxyl groups is 1. The van der Waals surface area contributed by atoms with E-state index in [-0.39, 0.29) is 18.2 Å². The molecule has 0 aliphatic rings. The molecule has 0 unspecified atom stereocenters. The summed E-state index contributed by atoms with van der Waals surface area (Å²) in [4.78, 5) is 16.4. The molecule has 3 aromatic rings. The number of hydrogen-bond donors (Lipinski definition) is 2. The number of methoxy groups -OCH3 is 1. The highest BCUT2D eigenvalue weighted by atomic mass is 16.5. The van der Waals surface area contributed by atoms with Crippen LogP contribution in [0.4, 0.5) is 0 Å². The Morgan fingerprint density at radius 1 is 1.32 bits per heavy atom. The Hall–Kier alpha value is -3.35. The third-order valence-electron chi connectivity index (χ3n) is 3.79. The van der Waals surface area contributed by atoms with E-state index < -0.39 is 0 Å². The summed E-state index contributed by atoms with van der Waals surface area (Å²) in [5, 5.41) is 13.7. The maximum Gasteiger partial charge on any atom is 0.260 e. The maximum atomic E-state index is 12.1. The molecular weight excluding hydrogens is 320 g/mol. The van der Waals surface area contributed by atoms with Crippen molar-refractivity contribution in [2.75, 3.05) is 7.11 Å². The molecule has 7 heteroatoms. The fourth-order valence-electron chi connectivity index (χ4n) is 2.44. The van der Waals surface area contributed by atoms with Crippen LogP contribution in [0.2, 0.25) is 0 Å². The van der Waals surface area contributed by atoms with Crippen LogP contribution in [0.15, 0.2) is 53.9 Å². The SMILES string of the molecule is COc1cc(/C(C)=N/NC(=O)Cn2cnc3ccccc32)ccc1O. The summed E-state index contributed by atoms with van der Waals surface area (Å²) in [6.45, 7) is 1.88. The van der Waals surface area contributed by atoms with E-state index in [0.29, 0.717) is 11.5 Å². The second kappa shape index (κ2) is 7.04. The smallest absolute Gasteiger partial charge is 0.260 e. The molecule has 0 bridgehead atoms. The van der Waals surface area contributed by atoms with Crippen molar-refractivity contribution >= 4 is 22.7 Å². The molecule has 0 spiro atoms. The molecule has 0 saturated heterocycles. The average molecular weight is 338 g/mol. The van der Waals surface area contributed by atoms with E-state index >= 15 is 0 Å². The Morgan fingerprint density at radius 2 is 2.12 bits per heavy atom. The standard InChI is InChI=1S/C18H18N4O3/c1-12(13-7-8-16(23)17(9-13)25-2)20-21-18(24)10-22-11-19-14-5-3-4-6-15(14)22/h3-9,11,23H,10H2,1-2H3,(H,21,24)/b20-12+. The number of benzene rings is 2. The van der Waals surface area contributed by atoms with Crippen molar-refractivity contribution in [3.63, 3.8) is 0 Å². The van der Waals surface area contributed by atoms with Crippen molar-refractivity contribution in [2.45, 2.75) is 13.5 Å². The summed E-state index contributed by atoms with van der Waals surface area (Å²) in [5.74, 6) is 0.145. The van der Waals surface area contributed by atoms with E-state index in [4.69, 9.17) is 4.74 Å². The summed E-state index contributed by atoms with van der Waals surface area (Å²) in [6, 6.07) is 12.5. The Balaban J connectivity index is 1.69. The number of rotatable bonds is 5. The van der Waals surface area contributed by atoms with Gasteiger partial charge in [0.2, 0.25) is 0 Å². The highest BCUT2D eigenvalue weighted by molar-refractivity contribution is 5.99. The first-order chi connectivity index (χ1) is 12.1. The van der Waals surface area contributed by atoms with Crippen LogP contribution in [-0.2, 0) is 11.3 Å². The number of nitrogens with zero attached hydrogens (tertiary/aromatic N) is 3. The van der Waals surface area contributed by atoms with Crippen molar-refractivity contribution in [3.05, 3.63) is 54.4 Å². The van der Waals surface area contributed by atoms with E-state index in [1.165, 1.54) is 13.2 Å². The zero-order valence-electron chi connectivity index (χ0n) is 13.9. The van der Waals surface area contributed by atoms with Gasteiger partial charge in [0.1, 0.15) is 6.54 Å². The van der Waals surface area contributed by atoms with Gasteiger partial charge in [-0.1, -0.05) is 12.1 Å². The van der Waals surface area contributed by atoms with Crippen LogP contribution in [0.3, 0.4) is 0 Å². The normalized spacial score (nSPS) is 11.5. The fourth-order valence-corrected chi connectivity index (χ4v) is 2.44. The molecule has 1 amide bonds. The number of hydrazone groups is 1. The lowest BCUT2D eigenvalue weighted by Gasteiger charge is -2.07. The number of carbonyl (C=O) groups is 1. The van der Waals surface area contributed by atoms with Gasteiger partial charge in [0, 0.05) is 5.56 Å². The van der Waals surface area contributed by atoms with Crippen LogP contribution < -0.4 is 10.2 Å². The van der Waals surface area contributed by atoms with Gasteiger partial charge >= 0.3 is 0 Å². The number of phenolic OH excluding ortho intramolecular Hbond substituents is 1. The maximum absolute atomic E-state index is 12.1. The van der Waals surface area contributed by atoms with Crippen LogP contribution >= 0.6 is 0 Å². The van der Waals surface area contributed by atoms with Crippen molar-refractivity contribution in [1.82, 2.24) is 15.0 Å². The predicted molar refractivity (Wildman–Crippen MR) is 94.7 cm³/mol. The number of amides is 1. The van der Waals surface area contributed by atoms with Crippen molar-refractivity contribution in [2.24, 2.45) is 5.10 Å². The Kier molecular flexibility index (Phi) is 4.65. The number of phenols is 1. The number of hydrogen-bond acceptors (Lipinski definition) is 5. The van der Waals surface area contributed by atoms with Crippen LogP contribution in [0.5, 0.6) is 11.5 Å². The van der Waals surface area contributed by atoms with Gasteiger partial charge in [-0.05, 0) is 37.3 Å². The Labute approximate surface area is 144 Å². The average Bonchev–Trinajstić information content (AvgIpc) is 3.03. The third-order valence-corrected chi connectivity index (χ3v) is 3.79. The zero-order valence-corrected chi connectivity index (χ0v) is 13.9. The van der Waals surface area contributed by atoms with Crippen molar-refractivity contribution in [3.8, 4) is 11.5 Å². The molecule has 7 nitrogen and oxygen atoms in total. The molecule has 0 saturated carbocycles. The minimum atomic E-state index is -0.256. The molecule has 2 aromatic carbocycles. The molecule has 1 aromatic heterocycles. The van der Waals surface area contributed by atoms with Crippen molar-refractivity contribution in [1.29, 1.82) is 0 Å². The fraction of sp³-hybridized carbons (Fsp3) is 0.167. The lowest BCUT2D eigenvalue weighted by molar-refractivity contribution is -0.121. The monoisotopic (exact) mass is 338 g/mol. The number of nitrogens with one attached hydrogen (secondary N) is 1. The van der Waals surface area contributed by atoms with Gasteiger partial charge in [0.15, 0.2) is 11.5 Å². The molecule has 128 valence electrons. The summed E-state index contributed by atoms with van der Waals surface area (Å²) in [5.41, 5.74) is 5.60. The number of imidazole rings is 1. The van der Waals surface area contributed by atoms with Crippen LogP contribution in [0.25, 0.3) is 11.0 Å². The molecule has 0 atom stereocenters. The first-order valence-electron chi connectivity index (χ1n) is 7.69. The topological polar surface area (TPSA) is 88.7 Å². The minimum absolute atomic E-state index is 0.0510. The summed E-state index contributed by atoms with van der Waals surface area (Å²) < 4.78 is 6.83. The molecule has 25 heavy (non-hydrogen) atoms. The summed E-state index contributed by atoms with van der Waals surface area (Å²) in [6.07, 6.45) is 1.63. The van der Waals surface area contributed by atoms with Gasteiger partial charge < -0.3 is 14.4 Å². The summed E-state index contributed by atoms with van der Waals surface area (Å²) >= 11 is 0. The van der Waals surface area contributed by atoms with Gasteiger partial charge in [-0.25, -0.2) is 10.4 Å². The molecule has 0 aliphatic carbocycles. The van der Waals surface area contributed by atoms with Crippen molar-refractivity contribution < 1.29 is 14.6 Å². The van der Waals surface area contributed by atoms with E-state index in [2.05, 4.69) is 15.5 Å². The quantitative estimate of drug-likeness (QED) is 0.552.